The summed E-state index contributed by atoms with van der Waals surface area (Å²) in [5, 5.41) is 0. The van der Waals surface area contributed by atoms with Crippen LogP contribution < -0.4 is 5.73 Å². The van der Waals surface area contributed by atoms with Crippen molar-refractivity contribution in [2.45, 2.75) is 59.1 Å². The SMILES string of the molecule is COC(=O)C(CN)C1CCC(C)(C)CN1C(=O)OC(C)(C)C. The van der Waals surface area contributed by atoms with Crippen LogP contribution in [-0.4, -0.2) is 48.8 Å². The molecule has 1 amide bonds. The van der Waals surface area contributed by atoms with Gasteiger partial charge in [-0.05, 0) is 39.0 Å². The lowest BCUT2D eigenvalue weighted by atomic mass is 9.78. The van der Waals surface area contributed by atoms with Gasteiger partial charge in [-0.15, -0.1) is 0 Å². The van der Waals surface area contributed by atoms with Crippen molar-refractivity contribution < 1.29 is 19.1 Å². The van der Waals surface area contributed by atoms with Gasteiger partial charge in [-0.1, -0.05) is 13.8 Å². The monoisotopic (exact) mass is 314 g/mol. The first kappa shape index (κ1) is 18.7. The fourth-order valence-electron chi connectivity index (χ4n) is 2.85. The van der Waals surface area contributed by atoms with Crippen LogP contribution in [0, 0.1) is 11.3 Å². The van der Waals surface area contributed by atoms with E-state index in [0.29, 0.717) is 13.0 Å². The first-order valence-corrected chi connectivity index (χ1v) is 7.78. The van der Waals surface area contributed by atoms with E-state index >= 15 is 0 Å². The maximum Gasteiger partial charge on any atom is 0.410 e. The fraction of sp³-hybridized carbons (Fsp3) is 0.875. The van der Waals surface area contributed by atoms with Crippen molar-refractivity contribution >= 4 is 12.1 Å². The Labute approximate surface area is 133 Å². The lowest BCUT2D eigenvalue weighted by Crippen LogP contribution is -2.56. The highest BCUT2D eigenvalue weighted by atomic mass is 16.6. The van der Waals surface area contributed by atoms with Gasteiger partial charge in [0.2, 0.25) is 0 Å². The minimum Gasteiger partial charge on any atom is -0.469 e. The number of methoxy groups -OCH3 is 1. The topological polar surface area (TPSA) is 81.9 Å². The Kier molecular flexibility index (Phi) is 5.84. The van der Waals surface area contributed by atoms with Crippen molar-refractivity contribution in [2.24, 2.45) is 17.1 Å². The van der Waals surface area contributed by atoms with E-state index in [1.807, 2.05) is 20.8 Å². The second-order valence-electron chi connectivity index (χ2n) is 7.74. The van der Waals surface area contributed by atoms with E-state index in [9.17, 15) is 9.59 Å². The highest BCUT2D eigenvalue weighted by Gasteiger charge is 2.43. The molecule has 2 atom stereocenters. The summed E-state index contributed by atoms with van der Waals surface area (Å²) in [6.45, 7) is 10.4. The quantitative estimate of drug-likeness (QED) is 0.807. The van der Waals surface area contributed by atoms with Crippen LogP contribution in [0.4, 0.5) is 4.79 Å². The van der Waals surface area contributed by atoms with E-state index in [1.54, 1.807) is 4.90 Å². The molecule has 1 rings (SSSR count). The van der Waals surface area contributed by atoms with Gasteiger partial charge in [-0.3, -0.25) is 4.79 Å². The second kappa shape index (κ2) is 6.86. The third-order valence-corrected chi connectivity index (χ3v) is 3.97. The molecule has 0 spiro atoms. The molecule has 1 aliphatic heterocycles. The molecule has 2 N–H and O–H groups in total. The number of hydrogen-bond acceptors (Lipinski definition) is 5. The number of esters is 1. The lowest BCUT2D eigenvalue weighted by molar-refractivity contribution is -0.148. The molecule has 2 unspecified atom stereocenters. The summed E-state index contributed by atoms with van der Waals surface area (Å²) in [6.07, 6.45) is 1.24. The summed E-state index contributed by atoms with van der Waals surface area (Å²) in [4.78, 5) is 26.2. The van der Waals surface area contributed by atoms with Crippen molar-refractivity contribution in [1.82, 2.24) is 4.90 Å². The highest BCUT2D eigenvalue weighted by Crippen LogP contribution is 2.35. The third kappa shape index (κ3) is 4.87. The molecule has 0 aromatic rings. The summed E-state index contributed by atoms with van der Waals surface area (Å²) in [5.41, 5.74) is 5.17. The van der Waals surface area contributed by atoms with Crippen LogP contribution in [0.15, 0.2) is 0 Å². The average Bonchev–Trinajstić information content (AvgIpc) is 2.38. The number of likely N-dealkylation sites (tertiary alicyclic amines) is 1. The smallest absolute Gasteiger partial charge is 0.410 e. The number of hydrogen-bond donors (Lipinski definition) is 1. The van der Waals surface area contributed by atoms with Crippen molar-refractivity contribution in [3.05, 3.63) is 0 Å². The van der Waals surface area contributed by atoms with Gasteiger partial charge in [0, 0.05) is 19.1 Å². The maximum absolute atomic E-state index is 12.6. The van der Waals surface area contributed by atoms with Gasteiger partial charge >= 0.3 is 12.1 Å². The van der Waals surface area contributed by atoms with Gasteiger partial charge in [-0.25, -0.2) is 4.79 Å². The number of piperidine rings is 1. The molecule has 1 fully saturated rings. The number of carbonyl (C=O) groups excluding carboxylic acids is 2. The van der Waals surface area contributed by atoms with Crippen molar-refractivity contribution in [3.63, 3.8) is 0 Å². The molecule has 0 radical (unpaired) electrons. The van der Waals surface area contributed by atoms with Crippen LogP contribution in [0.3, 0.4) is 0 Å². The standard InChI is InChI=1S/C16H30N2O4/c1-15(2,3)22-14(20)18-10-16(4,5)8-7-12(18)11(9-17)13(19)21-6/h11-12H,7-10,17H2,1-6H3. The number of amides is 1. The molecule has 1 heterocycles. The van der Waals surface area contributed by atoms with Crippen LogP contribution in [0.25, 0.3) is 0 Å². The zero-order chi connectivity index (χ0) is 17.1. The van der Waals surface area contributed by atoms with Crippen LogP contribution >= 0.6 is 0 Å². The average molecular weight is 314 g/mol. The van der Waals surface area contributed by atoms with E-state index < -0.39 is 17.6 Å². The van der Waals surface area contributed by atoms with Gasteiger partial charge < -0.3 is 20.1 Å². The van der Waals surface area contributed by atoms with Gasteiger partial charge in [0.1, 0.15) is 5.60 Å². The first-order valence-electron chi connectivity index (χ1n) is 7.78. The Hall–Kier alpha value is -1.30. The Bertz CT molecular complexity index is 415. The van der Waals surface area contributed by atoms with Crippen molar-refractivity contribution in [3.8, 4) is 0 Å². The molecule has 0 aromatic carbocycles. The highest BCUT2D eigenvalue weighted by molar-refractivity contribution is 5.75. The molecule has 0 aromatic heterocycles. The van der Waals surface area contributed by atoms with E-state index in [1.165, 1.54) is 7.11 Å². The van der Waals surface area contributed by atoms with E-state index in [0.717, 1.165) is 6.42 Å². The second-order valence-corrected chi connectivity index (χ2v) is 7.74. The summed E-state index contributed by atoms with van der Waals surface area (Å²) in [5.74, 6) is -0.894. The molecule has 6 nitrogen and oxygen atoms in total. The minimum atomic E-state index is -0.577. The van der Waals surface area contributed by atoms with Crippen LogP contribution in [-0.2, 0) is 14.3 Å². The van der Waals surface area contributed by atoms with E-state index in [4.69, 9.17) is 15.2 Å². The maximum atomic E-state index is 12.6. The molecule has 1 saturated heterocycles. The molecule has 0 aliphatic carbocycles. The van der Waals surface area contributed by atoms with E-state index in [-0.39, 0.29) is 24.0 Å². The van der Waals surface area contributed by atoms with Gasteiger partial charge in [-0.2, -0.15) is 0 Å². The number of carbonyl (C=O) groups is 2. The summed E-state index contributed by atoms with van der Waals surface area (Å²) >= 11 is 0. The fourth-order valence-corrected chi connectivity index (χ4v) is 2.85. The Morgan fingerprint density at radius 2 is 1.95 bits per heavy atom. The summed E-state index contributed by atoms with van der Waals surface area (Å²) in [6, 6.07) is -0.277. The Morgan fingerprint density at radius 3 is 2.41 bits per heavy atom. The minimum absolute atomic E-state index is 0.0112. The Balaban J connectivity index is 3.02. The molecular formula is C16H30N2O4. The molecule has 1 aliphatic rings. The molecule has 22 heavy (non-hydrogen) atoms. The summed E-state index contributed by atoms with van der Waals surface area (Å²) in [7, 11) is 1.34. The van der Waals surface area contributed by atoms with Gasteiger partial charge in [0.15, 0.2) is 0 Å². The lowest BCUT2D eigenvalue weighted by Gasteiger charge is -2.45. The third-order valence-electron chi connectivity index (χ3n) is 3.97. The predicted molar refractivity (Wildman–Crippen MR) is 84.3 cm³/mol. The van der Waals surface area contributed by atoms with Crippen molar-refractivity contribution in [2.75, 3.05) is 20.2 Å². The molecule has 0 saturated carbocycles. The van der Waals surface area contributed by atoms with Crippen molar-refractivity contribution in [1.29, 1.82) is 0 Å². The zero-order valence-corrected chi connectivity index (χ0v) is 14.6. The number of ether oxygens (including phenoxy) is 2. The number of rotatable bonds is 3. The largest absolute Gasteiger partial charge is 0.469 e. The van der Waals surface area contributed by atoms with E-state index in [2.05, 4.69) is 13.8 Å². The van der Waals surface area contributed by atoms with Gasteiger partial charge in [0.05, 0.1) is 13.0 Å². The zero-order valence-electron chi connectivity index (χ0n) is 14.6. The Morgan fingerprint density at radius 1 is 1.36 bits per heavy atom. The van der Waals surface area contributed by atoms with Gasteiger partial charge in [0.25, 0.3) is 0 Å². The predicted octanol–water partition coefficient (Wildman–Crippen LogP) is 2.16. The molecule has 128 valence electrons. The number of nitrogens with two attached hydrogens (primary N) is 1. The molecular weight excluding hydrogens is 284 g/mol. The van der Waals surface area contributed by atoms with Crippen LogP contribution in [0.2, 0.25) is 0 Å². The first-order chi connectivity index (χ1) is 10.0. The van der Waals surface area contributed by atoms with Crippen LogP contribution in [0.1, 0.15) is 47.5 Å². The normalized spacial score (nSPS) is 22.9. The summed E-state index contributed by atoms with van der Waals surface area (Å²) < 4.78 is 10.3. The molecule has 6 heteroatoms. The number of nitrogens with zero attached hydrogens (tertiary/aromatic N) is 1. The molecule has 0 bridgehead atoms. The van der Waals surface area contributed by atoms with Crippen LogP contribution in [0.5, 0.6) is 0 Å².